The Morgan fingerprint density at radius 3 is 2.48 bits per heavy atom. The zero-order chi connectivity index (χ0) is 18.2. The molecule has 1 aliphatic rings. The van der Waals surface area contributed by atoms with E-state index in [0.29, 0.717) is 19.5 Å². The van der Waals surface area contributed by atoms with Gasteiger partial charge in [-0.3, -0.25) is 9.59 Å². The summed E-state index contributed by atoms with van der Waals surface area (Å²) in [6, 6.07) is 13.7. The summed E-state index contributed by atoms with van der Waals surface area (Å²) >= 11 is 0. The molecule has 0 spiro atoms. The fourth-order valence-electron chi connectivity index (χ4n) is 3.45. The average Bonchev–Trinajstić information content (AvgIpc) is 2.55. The van der Waals surface area contributed by atoms with Gasteiger partial charge >= 0.3 is 0 Å². The molecule has 4 heteroatoms. The van der Waals surface area contributed by atoms with Crippen LogP contribution in [-0.2, 0) is 9.59 Å². The third kappa shape index (κ3) is 3.53. The van der Waals surface area contributed by atoms with Gasteiger partial charge < -0.3 is 9.80 Å². The Bertz CT molecular complexity index is 802. The van der Waals surface area contributed by atoms with E-state index in [4.69, 9.17) is 0 Å². The van der Waals surface area contributed by atoms with Gasteiger partial charge in [-0.25, -0.2) is 0 Å². The van der Waals surface area contributed by atoms with Crippen molar-refractivity contribution in [3.8, 4) is 0 Å². The van der Waals surface area contributed by atoms with Crippen LogP contribution < -0.4 is 4.90 Å². The summed E-state index contributed by atoms with van der Waals surface area (Å²) in [5, 5.41) is 2.19. The monoisotopic (exact) mass is 338 g/mol. The van der Waals surface area contributed by atoms with E-state index in [0.717, 1.165) is 16.5 Å². The smallest absolute Gasteiger partial charge is 0.249 e. The Balaban J connectivity index is 1.85. The Kier molecular flexibility index (Phi) is 4.55. The Morgan fingerprint density at radius 1 is 1.08 bits per heavy atom. The molecule has 1 fully saturated rings. The zero-order valence-electron chi connectivity index (χ0n) is 15.5. The van der Waals surface area contributed by atoms with E-state index in [1.807, 2.05) is 62.9 Å². The number of amides is 2. The van der Waals surface area contributed by atoms with Crippen LogP contribution in [0, 0.1) is 5.41 Å². The lowest BCUT2D eigenvalue weighted by Crippen LogP contribution is -2.58. The highest BCUT2D eigenvalue weighted by molar-refractivity contribution is 6.06. The molecule has 2 aromatic carbocycles. The first-order valence-corrected chi connectivity index (χ1v) is 8.86. The highest BCUT2D eigenvalue weighted by Crippen LogP contribution is 2.30. The number of hydrogen-bond acceptors (Lipinski definition) is 2. The van der Waals surface area contributed by atoms with Gasteiger partial charge in [0, 0.05) is 24.9 Å². The van der Waals surface area contributed by atoms with Crippen molar-refractivity contribution < 1.29 is 9.59 Å². The number of piperazine rings is 1. The molecule has 0 bridgehead atoms. The lowest BCUT2D eigenvalue weighted by molar-refractivity contribution is -0.142. The van der Waals surface area contributed by atoms with Crippen molar-refractivity contribution in [2.45, 2.75) is 40.2 Å². The van der Waals surface area contributed by atoms with Crippen LogP contribution in [0.15, 0.2) is 42.5 Å². The summed E-state index contributed by atoms with van der Waals surface area (Å²) in [7, 11) is 0. The molecule has 1 atom stereocenters. The maximum absolute atomic E-state index is 13.0. The predicted octanol–water partition coefficient (Wildman–Crippen LogP) is 3.84. The van der Waals surface area contributed by atoms with Crippen LogP contribution in [0.2, 0.25) is 0 Å². The van der Waals surface area contributed by atoms with E-state index in [1.165, 1.54) is 0 Å². The van der Waals surface area contributed by atoms with E-state index < -0.39 is 6.04 Å². The Hall–Kier alpha value is -2.36. The lowest BCUT2D eigenvalue weighted by Gasteiger charge is -2.40. The van der Waals surface area contributed by atoms with Crippen molar-refractivity contribution in [3.63, 3.8) is 0 Å². The second kappa shape index (κ2) is 6.51. The van der Waals surface area contributed by atoms with E-state index in [2.05, 4.69) is 12.1 Å². The molecule has 0 saturated carbocycles. The molecule has 2 amide bonds. The zero-order valence-corrected chi connectivity index (χ0v) is 15.5. The number of rotatable bonds is 2. The summed E-state index contributed by atoms with van der Waals surface area (Å²) in [6.45, 7) is 9.08. The van der Waals surface area contributed by atoms with Gasteiger partial charge in [0.15, 0.2) is 0 Å². The van der Waals surface area contributed by atoms with E-state index in [-0.39, 0.29) is 17.2 Å². The molecule has 0 radical (unpaired) electrons. The molecule has 0 aromatic heterocycles. The van der Waals surface area contributed by atoms with Gasteiger partial charge in [0.05, 0.1) is 5.69 Å². The van der Waals surface area contributed by atoms with E-state index in [1.54, 1.807) is 4.90 Å². The number of hydrogen-bond donors (Lipinski definition) is 0. The molecular formula is C21H26N2O2. The van der Waals surface area contributed by atoms with E-state index in [9.17, 15) is 9.59 Å². The minimum Gasteiger partial charge on any atom is -0.329 e. The molecule has 0 aliphatic carbocycles. The molecule has 1 aliphatic heterocycles. The Labute approximate surface area is 149 Å². The Morgan fingerprint density at radius 2 is 1.76 bits per heavy atom. The average molecular weight is 338 g/mol. The third-order valence-electron chi connectivity index (χ3n) is 4.71. The van der Waals surface area contributed by atoms with Gasteiger partial charge in [0.25, 0.3) is 0 Å². The molecule has 2 aromatic rings. The number of benzene rings is 2. The molecule has 0 N–H and O–H groups in total. The van der Waals surface area contributed by atoms with Crippen molar-refractivity contribution in [1.29, 1.82) is 0 Å². The van der Waals surface area contributed by atoms with E-state index >= 15 is 0 Å². The van der Waals surface area contributed by atoms with Crippen molar-refractivity contribution >= 4 is 28.3 Å². The molecule has 1 saturated heterocycles. The number of carbonyl (C=O) groups is 2. The van der Waals surface area contributed by atoms with Crippen LogP contribution >= 0.6 is 0 Å². The standard InChI is InChI=1S/C21H26N2O2/c1-15-20(25)23(13-12-22(15)19(24)14-21(2,3)4)18-11-7-9-16-8-5-6-10-17(16)18/h5-11,15H,12-14H2,1-4H3/t15-/m0/s1. The highest BCUT2D eigenvalue weighted by Gasteiger charge is 2.36. The van der Waals surface area contributed by atoms with Crippen LogP contribution in [0.3, 0.4) is 0 Å². The fraction of sp³-hybridized carbons (Fsp3) is 0.429. The highest BCUT2D eigenvalue weighted by atomic mass is 16.2. The summed E-state index contributed by atoms with van der Waals surface area (Å²) in [4.78, 5) is 29.1. The van der Waals surface area contributed by atoms with Crippen LogP contribution in [0.1, 0.15) is 34.1 Å². The maximum Gasteiger partial charge on any atom is 0.249 e. The second-order valence-corrected chi connectivity index (χ2v) is 7.99. The normalized spacial score (nSPS) is 18.7. The second-order valence-electron chi connectivity index (χ2n) is 7.99. The van der Waals surface area contributed by atoms with Crippen LogP contribution in [0.5, 0.6) is 0 Å². The first kappa shape index (κ1) is 17.5. The maximum atomic E-state index is 13.0. The van der Waals surface area contributed by atoms with Crippen LogP contribution in [-0.4, -0.2) is 35.8 Å². The summed E-state index contributed by atoms with van der Waals surface area (Å²) in [5.74, 6) is 0.0516. The van der Waals surface area contributed by atoms with Crippen molar-refractivity contribution in [1.82, 2.24) is 4.90 Å². The lowest BCUT2D eigenvalue weighted by atomic mass is 9.91. The quantitative estimate of drug-likeness (QED) is 0.835. The minimum atomic E-state index is -0.428. The van der Waals surface area contributed by atoms with Gasteiger partial charge in [-0.2, -0.15) is 0 Å². The van der Waals surface area contributed by atoms with Crippen LogP contribution in [0.25, 0.3) is 10.8 Å². The molecule has 132 valence electrons. The van der Waals surface area contributed by atoms with Crippen LogP contribution in [0.4, 0.5) is 5.69 Å². The van der Waals surface area contributed by atoms with Crippen molar-refractivity contribution in [3.05, 3.63) is 42.5 Å². The topological polar surface area (TPSA) is 40.6 Å². The number of anilines is 1. The fourth-order valence-corrected chi connectivity index (χ4v) is 3.45. The third-order valence-corrected chi connectivity index (χ3v) is 4.71. The van der Waals surface area contributed by atoms with Crippen molar-refractivity contribution in [2.75, 3.05) is 18.0 Å². The predicted molar refractivity (Wildman–Crippen MR) is 102 cm³/mol. The molecule has 0 unspecified atom stereocenters. The summed E-state index contributed by atoms with van der Waals surface area (Å²) in [5.41, 5.74) is 0.852. The first-order valence-electron chi connectivity index (χ1n) is 8.86. The number of carbonyl (C=O) groups excluding carboxylic acids is 2. The first-order chi connectivity index (χ1) is 11.8. The SMILES string of the molecule is C[C@H]1C(=O)N(c2cccc3ccccc23)CCN1C(=O)CC(C)(C)C. The van der Waals surface area contributed by atoms with Gasteiger partial charge in [0.2, 0.25) is 11.8 Å². The largest absolute Gasteiger partial charge is 0.329 e. The van der Waals surface area contributed by atoms with Gasteiger partial charge in [-0.05, 0) is 23.8 Å². The minimum absolute atomic E-state index is 0.00939. The molecule has 25 heavy (non-hydrogen) atoms. The molecule has 1 heterocycles. The van der Waals surface area contributed by atoms with Gasteiger partial charge in [0.1, 0.15) is 6.04 Å². The van der Waals surface area contributed by atoms with Crippen molar-refractivity contribution in [2.24, 2.45) is 5.41 Å². The summed E-state index contributed by atoms with van der Waals surface area (Å²) in [6.07, 6.45) is 0.457. The molecular weight excluding hydrogens is 312 g/mol. The van der Waals surface area contributed by atoms with Gasteiger partial charge in [-0.15, -0.1) is 0 Å². The molecule has 3 rings (SSSR count). The molecule has 4 nitrogen and oxygen atoms in total. The summed E-state index contributed by atoms with van der Waals surface area (Å²) < 4.78 is 0. The number of nitrogens with zero attached hydrogens (tertiary/aromatic N) is 2. The van der Waals surface area contributed by atoms with Gasteiger partial charge in [-0.1, -0.05) is 57.2 Å². The number of fused-ring (bicyclic) bond motifs is 1.